The van der Waals surface area contributed by atoms with Crippen molar-refractivity contribution in [2.45, 2.75) is 38.7 Å². The van der Waals surface area contributed by atoms with Gasteiger partial charge in [-0.1, -0.05) is 6.42 Å². The van der Waals surface area contributed by atoms with Crippen molar-refractivity contribution in [1.82, 2.24) is 9.97 Å². The van der Waals surface area contributed by atoms with Gasteiger partial charge in [-0.2, -0.15) is 4.98 Å². The summed E-state index contributed by atoms with van der Waals surface area (Å²) in [6, 6.07) is 2.06. The number of aromatic nitrogens is 2. The summed E-state index contributed by atoms with van der Waals surface area (Å²) in [6.45, 7) is 3.72. The number of aliphatic hydroxyl groups excluding tert-OH is 1. The summed E-state index contributed by atoms with van der Waals surface area (Å²) in [5.74, 6) is 2.11. The number of hydrogen-bond donors (Lipinski definition) is 3. The van der Waals surface area contributed by atoms with E-state index >= 15 is 0 Å². The molecule has 1 aliphatic rings. The Balaban J connectivity index is 1.74. The Morgan fingerprint density at radius 1 is 1.33 bits per heavy atom. The molecule has 114 valence electrons. The van der Waals surface area contributed by atoms with Crippen LogP contribution in [0.1, 0.15) is 32.6 Å². The third-order valence-electron chi connectivity index (χ3n) is 3.97. The third-order valence-corrected chi connectivity index (χ3v) is 4.78. The maximum Gasteiger partial charge on any atom is 0.226 e. The highest BCUT2D eigenvalue weighted by molar-refractivity contribution is 7.16. The van der Waals surface area contributed by atoms with Crippen LogP contribution in [0.3, 0.4) is 0 Å². The molecule has 0 spiro atoms. The van der Waals surface area contributed by atoms with E-state index < -0.39 is 0 Å². The van der Waals surface area contributed by atoms with Crippen LogP contribution in [0.15, 0.2) is 11.4 Å². The zero-order chi connectivity index (χ0) is 14.7. The van der Waals surface area contributed by atoms with E-state index in [0.29, 0.717) is 11.9 Å². The third kappa shape index (κ3) is 3.44. The summed E-state index contributed by atoms with van der Waals surface area (Å²) in [4.78, 5) is 10.1. The monoisotopic (exact) mass is 306 g/mol. The lowest BCUT2D eigenvalue weighted by Gasteiger charge is -2.26. The first-order valence-corrected chi connectivity index (χ1v) is 8.55. The number of nitrogens with zero attached hydrogens (tertiary/aromatic N) is 2. The molecule has 2 aromatic heterocycles. The number of aliphatic hydroxyl groups is 1. The quantitative estimate of drug-likeness (QED) is 0.792. The topological polar surface area (TPSA) is 70.1 Å². The molecular weight excluding hydrogens is 284 g/mol. The molecule has 1 aliphatic carbocycles. The first kappa shape index (κ1) is 14.5. The minimum atomic E-state index is -0.130. The number of thiophene rings is 1. The van der Waals surface area contributed by atoms with Crippen LogP contribution in [-0.2, 0) is 0 Å². The maximum atomic E-state index is 9.77. The Kier molecular flexibility index (Phi) is 4.55. The van der Waals surface area contributed by atoms with Crippen molar-refractivity contribution < 1.29 is 5.11 Å². The smallest absolute Gasteiger partial charge is 0.226 e. The van der Waals surface area contributed by atoms with E-state index in [-0.39, 0.29) is 6.10 Å². The van der Waals surface area contributed by atoms with Gasteiger partial charge in [0.2, 0.25) is 5.95 Å². The van der Waals surface area contributed by atoms with Crippen LogP contribution in [0.4, 0.5) is 11.8 Å². The highest BCUT2D eigenvalue weighted by Gasteiger charge is 2.20. The molecule has 2 atom stereocenters. The summed E-state index contributed by atoms with van der Waals surface area (Å²) >= 11 is 1.63. The molecule has 0 aliphatic heterocycles. The molecule has 0 aromatic carbocycles. The van der Waals surface area contributed by atoms with Crippen molar-refractivity contribution in [3.63, 3.8) is 0 Å². The van der Waals surface area contributed by atoms with Crippen LogP contribution in [-0.4, -0.2) is 34.3 Å². The normalized spacial score (nSPS) is 22.4. The van der Waals surface area contributed by atoms with Crippen LogP contribution < -0.4 is 10.6 Å². The summed E-state index contributed by atoms with van der Waals surface area (Å²) in [5, 5.41) is 19.5. The van der Waals surface area contributed by atoms with Gasteiger partial charge in [0.05, 0.1) is 11.5 Å². The van der Waals surface area contributed by atoms with E-state index in [0.717, 1.165) is 48.4 Å². The zero-order valence-electron chi connectivity index (χ0n) is 12.3. The second-order valence-corrected chi connectivity index (χ2v) is 6.53. The van der Waals surface area contributed by atoms with Gasteiger partial charge < -0.3 is 15.7 Å². The van der Waals surface area contributed by atoms with Gasteiger partial charge in [-0.25, -0.2) is 4.98 Å². The predicted octanol–water partition coefficient (Wildman–Crippen LogP) is 3.09. The maximum absolute atomic E-state index is 9.77. The van der Waals surface area contributed by atoms with Crippen LogP contribution in [0.2, 0.25) is 0 Å². The number of nitrogens with one attached hydrogen (secondary N) is 2. The van der Waals surface area contributed by atoms with E-state index in [4.69, 9.17) is 0 Å². The number of fused-ring (bicyclic) bond motifs is 1. The minimum Gasteiger partial charge on any atom is -0.393 e. The van der Waals surface area contributed by atoms with Crippen molar-refractivity contribution in [2.75, 3.05) is 23.7 Å². The van der Waals surface area contributed by atoms with E-state index in [9.17, 15) is 5.11 Å². The summed E-state index contributed by atoms with van der Waals surface area (Å²) < 4.78 is 0. The number of hydrogen-bond acceptors (Lipinski definition) is 6. The van der Waals surface area contributed by atoms with Crippen molar-refractivity contribution in [3.8, 4) is 0 Å². The zero-order valence-corrected chi connectivity index (χ0v) is 13.1. The minimum absolute atomic E-state index is 0.130. The predicted molar refractivity (Wildman–Crippen MR) is 88.0 cm³/mol. The first-order chi connectivity index (χ1) is 10.3. The second-order valence-electron chi connectivity index (χ2n) is 5.63. The largest absolute Gasteiger partial charge is 0.393 e. The Morgan fingerprint density at radius 3 is 3.05 bits per heavy atom. The Morgan fingerprint density at radius 2 is 2.24 bits per heavy atom. The summed E-state index contributed by atoms with van der Waals surface area (Å²) in [5.41, 5.74) is 0. The van der Waals surface area contributed by atoms with Crippen LogP contribution >= 0.6 is 11.3 Å². The molecule has 2 unspecified atom stereocenters. The molecular formula is C15H22N4OS. The van der Waals surface area contributed by atoms with Gasteiger partial charge in [-0.15, -0.1) is 11.3 Å². The first-order valence-electron chi connectivity index (χ1n) is 7.67. The molecule has 0 amide bonds. The standard InChI is InChI=1S/C15H22N4OS/c1-2-16-15-18-13(12-6-7-21-14(12)19-15)17-9-10-4-3-5-11(20)8-10/h6-7,10-11,20H,2-5,8-9H2,1H3,(H2,16,17,18,19). The molecule has 0 bridgehead atoms. The van der Waals surface area contributed by atoms with Gasteiger partial charge in [0, 0.05) is 13.1 Å². The summed E-state index contributed by atoms with van der Waals surface area (Å²) in [7, 11) is 0. The van der Waals surface area contributed by atoms with Crippen molar-refractivity contribution in [1.29, 1.82) is 0 Å². The van der Waals surface area contributed by atoms with Gasteiger partial charge in [-0.05, 0) is 43.6 Å². The molecule has 2 heterocycles. The van der Waals surface area contributed by atoms with E-state index in [1.807, 2.05) is 12.3 Å². The Hall–Kier alpha value is -1.40. The van der Waals surface area contributed by atoms with E-state index in [1.54, 1.807) is 11.3 Å². The van der Waals surface area contributed by atoms with E-state index in [1.165, 1.54) is 6.42 Å². The molecule has 5 nitrogen and oxygen atoms in total. The molecule has 3 N–H and O–H groups in total. The lowest BCUT2D eigenvalue weighted by Crippen LogP contribution is -2.25. The van der Waals surface area contributed by atoms with Crippen LogP contribution in [0, 0.1) is 5.92 Å². The SMILES string of the molecule is CCNc1nc(NCC2CCCC(O)C2)c2ccsc2n1. The van der Waals surface area contributed by atoms with Crippen LogP contribution in [0.5, 0.6) is 0 Å². The molecule has 0 radical (unpaired) electrons. The van der Waals surface area contributed by atoms with E-state index in [2.05, 4.69) is 26.7 Å². The van der Waals surface area contributed by atoms with Crippen LogP contribution in [0.25, 0.3) is 10.2 Å². The Labute approximate surface area is 128 Å². The highest BCUT2D eigenvalue weighted by atomic mass is 32.1. The number of rotatable bonds is 5. The average molecular weight is 306 g/mol. The van der Waals surface area contributed by atoms with Gasteiger partial charge in [0.1, 0.15) is 10.6 Å². The molecule has 1 saturated carbocycles. The molecule has 3 rings (SSSR count). The molecule has 21 heavy (non-hydrogen) atoms. The van der Waals surface area contributed by atoms with Gasteiger partial charge in [0.15, 0.2) is 0 Å². The highest BCUT2D eigenvalue weighted by Crippen LogP contribution is 2.28. The lowest BCUT2D eigenvalue weighted by atomic mass is 9.87. The number of anilines is 2. The molecule has 6 heteroatoms. The fraction of sp³-hybridized carbons (Fsp3) is 0.600. The van der Waals surface area contributed by atoms with Crippen molar-refractivity contribution in [2.24, 2.45) is 5.92 Å². The molecule has 2 aromatic rings. The van der Waals surface area contributed by atoms with Gasteiger partial charge in [0.25, 0.3) is 0 Å². The second kappa shape index (κ2) is 6.58. The molecule has 0 saturated heterocycles. The fourth-order valence-electron chi connectivity index (χ4n) is 2.92. The summed E-state index contributed by atoms with van der Waals surface area (Å²) in [6.07, 6.45) is 4.01. The lowest BCUT2D eigenvalue weighted by molar-refractivity contribution is 0.104. The van der Waals surface area contributed by atoms with Crippen molar-refractivity contribution >= 4 is 33.3 Å². The average Bonchev–Trinajstić information content (AvgIpc) is 2.93. The van der Waals surface area contributed by atoms with Gasteiger partial charge in [-0.3, -0.25) is 0 Å². The Bertz CT molecular complexity index is 600. The van der Waals surface area contributed by atoms with Gasteiger partial charge >= 0.3 is 0 Å². The fourth-order valence-corrected chi connectivity index (χ4v) is 3.68. The molecule has 1 fully saturated rings. The van der Waals surface area contributed by atoms with Crippen molar-refractivity contribution in [3.05, 3.63) is 11.4 Å².